The molecule has 0 aliphatic heterocycles. The summed E-state index contributed by atoms with van der Waals surface area (Å²) >= 11 is 12.3. The van der Waals surface area contributed by atoms with Crippen molar-refractivity contribution in [3.8, 4) is 0 Å². The normalized spacial score (nSPS) is 19.5. The van der Waals surface area contributed by atoms with Crippen molar-refractivity contribution < 1.29 is 0 Å². The summed E-state index contributed by atoms with van der Waals surface area (Å²) in [5, 5.41) is 4.70. The van der Waals surface area contributed by atoms with E-state index in [1.165, 1.54) is 12.8 Å². The van der Waals surface area contributed by atoms with Crippen molar-refractivity contribution in [2.45, 2.75) is 25.8 Å². The molecule has 1 aliphatic carbocycles. The van der Waals surface area contributed by atoms with Crippen LogP contribution in [0.4, 0.5) is 0 Å². The van der Waals surface area contributed by atoms with Crippen molar-refractivity contribution in [2.75, 3.05) is 7.05 Å². The molecule has 2 rings (SSSR count). The van der Waals surface area contributed by atoms with Crippen molar-refractivity contribution in [1.29, 1.82) is 0 Å². The number of hydrogen-bond acceptors (Lipinski definition) is 1. The van der Waals surface area contributed by atoms with Crippen molar-refractivity contribution in [1.82, 2.24) is 5.32 Å². The zero-order chi connectivity index (χ0) is 11.7. The number of halogens is 2. The van der Waals surface area contributed by atoms with Gasteiger partial charge in [-0.2, -0.15) is 0 Å². The Morgan fingerprint density at radius 1 is 1.31 bits per heavy atom. The first-order valence-corrected chi connectivity index (χ1v) is 6.52. The molecule has 0 spiro atoms. The Balaban J connectivity index is 2.28. The third-order valence-electron chi connectivity index (χ3n) is 3.52. The lowest BCUT2D eigenvalue weighted by molar-refractivity contribution is 0.369. The molecule has 0 bridgehead atoms. The van der Waals surface area contributed by atoms with E-state index < -0.39 is 0 Å². The Morgan fingerprint density at radius 3 is 2.56 bits per heavy atom. The fourth-order valence-electron chi connectivity index (χ4n) is 2.36. The predicted octanol–water partition coefficient (Wildman–Crippen LogP) is 4.30. The second-order valence-corrected chi connectivity index (χ2v) is 5.39. The van der Waals surface area contributed by atoms with E-state index in [-0.39, 0.29) is 0 Å². The SMILES string of the molecule is CNC(c1cccc(Cl)c1Cl)C(C)C1CC1. The van der Waals surface area contributed by atoms with Gasteiger partial charge in [-0.3, -0.25) is 0 Å². The Labute approximate surface area is 107 Å². The molecular weight excluding hydrogens is 241 g/mol. The molecule has 0 aromatic heterocycles. The van der Waals surface area contributed by atoms with Gasteiger partial charge in [-0.1, -0.05) is 42.3 Å². The lowest BCUT2D eigenvalue weighted by Crippen LogP contribution is -2.25. The van der Waals surface area contributed by atoms with Crippen molar-refractivity contribution >= 4 is 23.2 Å². The van der Waals surface area contributed by atoms with Crippen molar-refractivity contribution in [3.05, 3.63) is 33.8 Å². The first-order chi connectivity index (χ1) is 7.65. The first-order valence-electron chi connectivity index (χ1n) is 5.76. The van der Waals surface area contributed by atoms with Gasteiger partial charge in [0, 0.05) is 6.04 Å². The Bertz CT molecular complexity index is 374. The zero-order valence-corrected chi connectivity index (χ0v) is 11.1. The fourth-order valence-corrected chi connectivity index (χ4v) is 2.78. The van der Waals surface area contributed by atoms with Gasteiger partial charge in [-0.25, -0.2) is 0 Å². The fraction of sp³-hybridized carbons (Fsp3) is 0.538. The van der Waals surface area contributed by atoms with E-state index in [1.54, 1.807) is 0 Å². The molecule has 1 fully saturated rings. The summed E-state index contributed by atoms with van der Waals surface area (Å²) in [4.78, 5) is 0. The van der Waals surface area contributed by atoms with Crippen LogP contribution in [0, 0.1) is 11.8 Å². The van der Waals surface area contributed by atoms with Gasteiger partial charge >= 0.3 is 0 Å². The minimum atomic E-state index is 0.304. The van der Waals surface area contributed by atoms with E-state index in [2.05, 4.69) is 18.3 Å². The molecule has 0 saturated heterocycles. The van der Waals surface area contributed by atoms with Gasteiger partial charge in [0.2, 0.25) is 0 Å². The summed E-state index contributed by atoms with van der Waals surface area (Å²) in [5.41, 5.74) is 1.12. The van der Waals surface area contributed by atoms with E-state index in [1.807, 2.05) is 19.2 Å². The van der Waals surface area contributed by atoms with Gasteiger partial charge in [0.05, 0.1) is 10.0 Å². The minimum Gasteiger partial charge on any atom is -0.313 e. The highest BCUT2D eigenvalue weighted by Crippen LogP contribution is 2.44. The summed E-state index contributed by atoms with van der Waals surface area (Å²) in [6.45, 7) is 2.29. The average molecular weight is 258 g/mol. The van der Waals surface area contributed by atoms with Gasteiger partial charge < -0.3 is 5.32 Å². The Hall–Kier alpha value is -0.240. The van der Waals surface area contributed by atoms with Crippen molar-refractivity contribution in [2.24, 2.45) is 11.8 Å². The number of rotatable bonds is 4. The highest BCUT2D eigenvalue weighted by atomic mass is 35.5. The predicted molar refractivity (Wildman–Crippen MR) is 70.2 cm³/mol. The van der Waals surface area contributed by atoms with Gasteiger partial charge in [0.25, 0.3) is 0 Å². The molecule has 1 aliphatic rings. The van der Waals surface area contributed by atoms with Crippen LogP contribution in [0.15, 0.2) is 18.2 Å². The van der Waals surface area contributed by atoms with E-state index in [4.69, 9.17) is 23.2 Å². The topological polar surface area (TPSA) is 12.0 Å². The quantitative estimate of drug-likeness (QED) is 0.849. The lowest BCUT2D eigenvalue weighted by atomic mass is 9.91. The van der Waals surface area contributed by atoms with Crippen molar-refractivity contribution in [3.63, 3.8) is 0 Å². The molecule has 0 radical (unpaired) electrons. The van der Waals surface area contributed by atoms with Crippen LogP contribution in [0.2, 0.25) is 10.0 Å². The minimum absolute atomic E-state index is 0.304. The van der Waals surface area contributed by atoms with E-state index in [0.29, 0.717) is 22.0 Å². The monoisotopic (exact) mass is 257 g/mol. The molecule has 88 valence electrons. The lowest BCUT2D eigenvalue weighted by Gasteiger charge is -2.25. The molecular formula is C13H17Cl2N. The second kappa shape index (κ2) is 4.95. The van der Waals surface area contributed by atoms with Crippen LogP contribution in [0.3, 0.4) is 0 Å². The van der Waals surface area contributed by atoms with Crippen LogP contribution < -0.4 is 5.32 Å². The maximum absolute atomic E-state index is 6.26. The molecule has 2 atom stereocenters. The Kier molecular flexibility index (Phi) is 3.78. The summed E-state index contributed by atoms with van der Waals surface area (Å²) in [7, 11) is 1.99. The van der Waals surface area contributed by atoms with Gasteiger partial charge in [-0.05, 0) is 43.4 Å². The van der Waals surface area contributed by atoms with Gasteiger partial charge in [-0.15, -0.1) is 0 Å². The molecule has 2 unspecified atom stereocenters. The smallest absolute Gasteiger partial charge is 0.0640 e. The average Bonchev–Trinajstić information content (AvgIpc) is 3.08. The Morgan fingerprint density at radius 2 is 2.00 bits per heavy atom. The number of nitrogens with one attached hydrogen (secondary N) is 1. The van der Waals surface area contributed by atoms with Crippen LogP contribution in [0.25, 0.3) is 0 Å². The second-order valence-electron chi connectivity index (χ2n) is 4.61. The summed E-state index contributed by atoms with van der Waals surface area (Å²) in [5.74, 6) is 1.45. The highest BCUT2D eigenvalue weighted by Gasteiger charge is 2.34. The highest BCUT2D eigenvalue weighted by molar-refractivity contribution is 6.42. The molecule has 1 nitrogen and oxygen atoms in total. The standard InChI is InChI=1S/C13H17Cl2N/c1-8(9-6-7-9)13(16-2)10-4-3-5-11(14)12(10)15/h3-5,8-9,13,16H,6-7H2,1-2H3. The molecule has 1 N–H and O–H groups in total. The summed E-state index contributed by atoms with van der Waals surface area (Å²) in [6, 6.07) is 6.17. The van der Waals surface area contributed by atoms with Crippen LogP contribution >= 0.6 is 23.2 Å². The number of benzene rings is 1. The largest absolute Gasteiger partial charge is 0.313 e. The maximum atomic E-state index is 6.26. The van der Waals surface area contributed by atoms with E-state index in [0.717, 1.165) is 11.5 Å². The van der Waals surface area contributed by atoms with Crippen LogP contribution in [0.5, 0.6) is 0 Å². The molecule has 1 aromatic rings. The molecule has 1 saturated carbocycles. The first kappa shape index (κ1) is 12.2. The van der Waals surface area contributed by atoms with Crippen LogP contribution in [0.1, 0.15) is 31.4 Å². The number of hydrogen-bond donors (Lipinski definition) is 1. The molecule has 3 heteroatoms. The zero-order valence-electron chi connectivity index (χ0n) is 9.63. The summed E-state index contributed by atoms with van der Waals surface area (Å²) < 4.78 is 0. The molecule has 0 heterocycles. The van der Waals surface area contributed by atoms with Gasteiger partial charge in [0.15, 0.2) is 0 Å². The van der Waals surface area contributed by atoms with Crippen LogP contribution in [-0.4, -0.2) is 7.05 Å². The van der Waals surface area contributed by atoms with E-state index in [9.17, 15) is 0 Å². The van der Waals surface area contributed by atoms with Gasteiger partial charge in [0.1, 0.15) is 0 Å². The molecule has 0 amide bonds. The van der Waals surface area contributed by atoms with E-state index >= 15 is 0 Å². The summed E-state index contributed by atoms with van der Waals surface area (Å²) in [6.07, 6.45) is 2.69. The van der Waals surface area contributed by atoms with Crippen LogP contribution in [-0.2, 0) is 0 Å². The molecule has 16 heavy (non-hydrogen) atoms. The third kappa shape index (κ3) is 2.37. The maximum Gasteiger partial charge on any atom is 0.0640 e. The molecule has 1 aromatic carbocycles. The third-order valence-corrected chi connectivity index (χ3v) is 4.35.